The largest absolute Gasteiger partial charge is 0.458 e. The van der Waals surface area contributed by atoms with E-state index in [2.05, 4.69) is 20.2 Å². The van der Waals surface area contributed by atoms with Gasteiger partial charge in [0.25, 0.3) is 0 Å². The molecule has 2 N–H and O–H groups in total. The number of nitrogens with zero attached hydrogens (tertiary/aromatic N) is 3. The van der Waals surface area contributed by atoms with Gasteiger partial charge in [0.15, 0.2) is 17.4 Å². The third kappa shape index (κ3) is 5.41. The van der Waals surface area contributed by atoms with E-state index in [0.29, 0.717) is 36.8 Å². The zero-order valence-electron chi connectivity index (χ0n) is 21.7. The molecule has 0 bridgehead atoms. The second-order valence-electron chi connectivity index (χ2n) is 9.76. The molecule has 7 nitrogen and oxygen atoms in total. The molecular formula is C29H31F2N5O2. The van der Waals surface area contributed by atoms with E-state index >= 15 is 4.39 Å². The van der Waals surface area contributed by atoms with Gasteiger partial charge in [0.1, 0.15) is 11.6 Å². The van der Waals surface area contributed by atoms with E-state index in [1.165, 1.54) is 0 Å². The Labute approximate surface area is 220 Å². The molecule has 9 heteroatoms. The number of aryl methyl sites for hydroxylation is 1. The summed E-state index contributed by atoms with van der Waals surface area (Å²) in [4.78, 5) is 23.0. The van der Waals surface area contributed by atoms with Gasteiger partial charge < -0.3 is 24.8 Å². The third-order valence-corrected chi connectivity index (χ3v) is 6.93. The van der Waals surface area contributed by atoms with Crippen LogP contribution in [0.15, 0.2) is 65.5 Å². The predicted octanol–water partition coefficient (Wildman–Crippen LogP) is 5.75. The van der Waals surface area contributed by atoms with Crippen molar-refractivity contribution in [3.63, 3.8) is 0 Å². The van der Waals surface area contributed by atoms with Crippen molar-refractivity contribution in [2.75, 3.05) is 36.4 Å². The predicted molar refractivity (Wildman–Crippen MR) is 147 cm³/mol. The van der Waals surface area contributed by atoms with Gasteiger partial charge in [0, 0.05) is 79.8 Å². The molecule has 1 fully saturated rings. The number of anilines is 2. The molecule has 0 saturated carbocycles. The fourth-order valence-corrected chi connectivity index (χ4v) is 4.75. The van der Waals surface area contributed by atoms with Crippen LogP contribution in [0.1, 0.15) is 26.0 Å². The lowest BCUT2D eigenvalue weighted by Crippen LogP contribution is -2.48. The summed E-state index contributed by atoms with van der Waals surface area (Å²) in [6.07, 6.45) is 6.02. The summed E-state index contributed by atoms with van der Waals surface area (Å²) in [5.41, 5.74) is 2.71. The molecule has 5 rings (SSSR count). The Kier molecular flexibility index (Phi) is 7.18. The number of amidine groups is 1. The Morgan fingerprint density at radius 1 is 1.13 bits per heavy atom. The van der Waals surface area contributed by atoms with Crippen LogP contribution in [-0.2, 0) is 4.79 Å². The number of carbonyl (C=O) groups is 1. The molecule has 2 aliphatic rings. The number of fused-ring (bicyclic) bond motifs is 1. The molecule has 1 amide bonds. The first-order valence-corrected chi connectivity index (χ1v) is 12.8. The molecule has 1 unspecified atom stereocenters. The Bertz CT molecular complexity index is 1430. The van der Waals surface area contributed by atoms with E-state index in [1.54, 1.807) is 32.2 Å². The number of piperazine rings is 1. The number of aromatic amines is 1. The van der Waals surface area contributed by atoms with E-state index in [-0.39, 0.29) is 28.5 Å². The van der Waals surface area contributed by atoms with Crippen LogP contribution in [0.4, 0.5) is 20.2 Å². The van der Waals surface area contributed by atoms with Gasteiger partial charge in [-0.05, 0) is 43.7 Å². The van der Waals surface area contributed by atoms with E-state index in [4.69, 9.17) is 4.74 Å². The summed E-state index contributed by atoms with van der Waals surface area (Å²) in [7, 11) is 0. The normalized spacial score (nSPS) is 21.7. The molecule has 38 heavy (non-hydrogen) atoms. The van der Waals surface area contributed by atoms with Crippen molar-refractivity contribution >= 4 is 34.0 Å². The average Bonchev–Trinajstić information content (AvgIpc) is 3.31. The van der Waals surface area contributed by atoms with Crippen LogP contribution in [0.5, 0.6) is 5.75 Å². The van der Waals surface area contributed by atoms with E-state index in [0.717, 1.165) is 30.5 Å². The lowest BCUT2D eigenvalue weighted by Gasteiger charge is -2.35. The Morgan fingerprint density at radius 2 is 1.87 bits per heavy atom. The third-order valence-electron chi connectivity index (χ3n) is 6.93. The monoisotopic (exact) mass is 519 g/mol. The number of rotatable bonds is 4. The number of aliphatic imine (C=N–C) groups is 1. The van der Waals surface area contributed by atoms with Crippen LogP contribution in [0.2, 0.25) is 0 Å². The molecule has 2 aliphatic heterocycles. The minimum absolute atomic E-state index is 0.0827. The maximum Gasteiger partial charge on any atom is 0.219 e. The summed E-state index contributed by atoms with van der Waals surface area (Å²) < 4.78 is 35.8. The standard InChI is InChI=1S/C29H31F2N5O2/c1-18-5-4-10-32-27(17-25(18)38-26-16-24(30)29-23(28(26)31)15-19(2)33-29)34-21-6-8-22(9-7-21)36-13-11-35(12-14-36)20(3)37/h4,6-10,15-18,33H,5,11-14H2,1-3H3,(H,32,34)/b10-4+,25-17+. The fraction of sp³-hybridized carbons (Fsp3) is 0.310. The number of carbonyl (C=O) groups excluding carboxylic acids is 1. The van der Waals surface area contributed by atoms with Gasteiger partial charge in [-0.1, -0.05) is 13.0 Å². The maximum absolute atomic E-state index is 15.2. The van der Waals surface area contributed by atoms with Crippen LogP contribution >= 0.6 is 0 Å². The van der Waals surface area contributed by atoms with Gasteiger partial charge in [0.2, 0.25) is 5.91 Å². The second kappa shape index (κ2) is 10.7. The van der Waals surface area contributed by atoms with Gasteiger partial charge in [-0.15, -0.1) is 0 Å². The highest BCUT2D eigenvalue weighted by atomic mass is 19.1. The lowest BCUT2D eigenvalue weighted by molar-refractivity contribution is -0.129. The van der Waals surface area contributed by atoms with Crippen LogP contribution in [0.25, 0.3) is 10.9 Å². The van der Waals surface area contributed by atoms with Crippen molar-refractivity contribution in [3.8, 4) is 5.75 Å². The number of hydrogen-bond acceptors (Lipinski definition) is 5. The second-order valence-corrected chi connectivity index (χ2v) is 9.76. The number of benzene rings is 2. The molecule has 198 valence electrons. The van der Waals surface area contributed by atoms with Crippen LogP contribution in [0, 0.1) is 24.5 Å². The molecule has 1 saturated heterocycles. The van der Waals surface area contributed by atoms with Crippen molar-refractivity contribution in [2.24, 2.45) is 10.9 Å². The Morgan fingerprint density at radius 3 is 2.58 bits per heavy atom. The van der Waals surface area contributed by atoms with E-state index in [9.17, 15) is 9.18 Å². The summed E-state index contributed by atoms with van der Waals surface area (Å²) in [5, 5.41) is 3.45. The number of aromatic nitrogens is 1. The summed E-state index contributed by atoms with van der Waals surface area (Å²) in [6, 6.07) is 10.6. The number of nitrogens with one attached hydrogen (secondary N) is 2. The maximum atomic E-state index is 15.2. The van der Waals surface area contributed by atoms with Crippen LogP contribution < -0.4 is 15.0 Å². The highest BCUT2D eigenvalue weighted by Crippen LogP contribution is 2.32. The number of hydrogen-bond donors (Lipinski definition) is 2. The Balaban J connectivity index is 1.33. The number of halogens is 2. The van der Waals surface area contributed by atoms with E-state index < -0.39 is 11.6 Å². The average molecular weight is 520 g/mol. The molecule has 2 aromatic carbocycles. The Hall–Kier alpha value is -4.14. The van der Waals surface area contributed by atoms with Crippen molar-refractivity contribution in [1.82, 2.24) is 9.88 Å². The first kappa shape index (κ1) is 25.5. The van der Waals surface area contributed by atoms with Crippen molar-refractivity contribution in [2.45, 2.75) is 27.2 Å². The quantitative estimate of drug-likeness (QED) is 0.461. The van der Waals surface area contributed by atoms with Gasteiger partial charge in [0.05, 0.1) is 5.52 Å². The molecular weight excluding hydrogens is 488 g/mol. The summed E-state index contributed by atoms with van der Waals surface area (Å²) in [6.45, 7) is 8.32. The van der Waals surface area contributed by atoms with Crippen molar-refractivity contribution in [1.29, 1.82) is 0 Å². The number of amides is 1. The smallest absolute Gasteiger partial charge is 0.219 e. The van der Waals surface area contributed by atoms with Crippen molar-refractivity contribution in [3.05, 3.63) is 77.8 Å². The molecule has 3 heterocycles. The van der Waals surface area contributed by atoms with Gasteiger partial charge in [-0.25, -0.2) is 13.8 Å². The number of H-pyrrole nitrogens is 1. The molecule has 1 aromatic heterocycles. The first-order valence-electron chi connectivity index (χ1n) is 12.8. The molecule has 0 radical (unpaired) electrons. The highest BCUT2D eigenvalue weighted by Gasteiger charge is 2.21. The molecule has 1 atom stereocenters. The zero-order chi connectivity index (χ0) is 26.8. The summed E-state index contributed by atoms with van der Waals surface area (Å²) >= 11 is 0. The highest BCUT2D eigenvalue weighted by molar-refractivity contribution is 6.04. The first-order chi connectivity index (χ1) is 18.3. The van der Waals surface area contributed by atoms with Gasteiger partial charge >= 0.3 is 0 Å². The number of ether oxygens (including phenoxy) is 1. The zero-order valence-corrected chi connectivity index (χ0v) is 21.7. The summed E-state index contributed by atoms with van der Waals surface area (Å²) in [5.74, 6) is -0.320. The molecule has 3 aromatic rings. The van der Waals surface area contributed by atoms with Crippen LogP contribution in [-0.4, -0.2) is 47.8 Å². The molecule has 0 spiro atoms. The fourth-order valence-electron chi connectivity index (χ4n) is 4.75. The number of allylic oxidation sites excluding steroid dienone is 2. The van der Waals surface area contributed by atoms with Gasteiger partial charge in [-0.2, -0.15) is 0 Å². The van der Waals surface area contributed by atoms with E-state index in [1.807, 2.05) is 42.2 Å². The SMILES string of the molecule is CC(=O)N1CCN(c2ccc(NC3=N/C=C/CC(C)/C(Oc4cc(F)c5[nH]c(C)cc5c4F)=C\3)cc2)CC1. The minimum atomic E-state index is -0.609. The topological polar surface area (TPSA) is 73.0 Å². The lowest BCUT2D eigenvalue weighted by atomic mass is 10.0. The van der Waals surface area contributed by atoms with Gasteiger partial charge in [-0.3, -0.25) is 4.79 Å². The minimum Gasteiger partial charge on any atom is -0.458 e. The van der Waals surface area contributed by atoms with Crippen LogP contribution in [0.3, 0.4) is 0 Å². The molecule has 0 aliphatic carbocycles. The van der Waals surface area contributed by atoms with Crippen molar-refractivity contribution < 1.29 is 18.3 Å².